The van der Waals surface area contributed by atoms with Crippen LogP contribution in [0.5, 0.6) is 0 Å². The number of carbonyl (C=O) groups is 2. The largest absolute Gasteiger partial charge is 0.472 e. The van der Waals surface area contributed by atoms with Gasteiger partial charge in [-0.05, 0) is 42.3 Å². The summed E-state index contributed by atoms with van der Waals surface area (Å²) in [4.78, 5) is 26.5. The van der Waals surface area contributed by atoms with Crippen molar-refractivity contribution in [3.05, 3.63) is 82.1 Å². The molecule has 0 spiro atoms. The highest BCUT2D eigenvalue weighted by Crippen LogP contribution is 2.21. The minimum Gasteiger partial charge on any atom is -0.472 e. The van der Waals surface area contributed by atoms with Crippen LogP contribution in [0.15, 0.2) is 64.0 Å². The maximum Gasteiger partial charge on any atom is 0.257 e. The van der Waals surface area contributed by atoms with Crippen molar-refractivity contribution < 1.29 is 18.4 Å². The minimum atomic E-state index is -0.226. The molecule has 0 aliphatic rings. The third-order valence-electron chi connectivity index (χ3n) is 4.32. The summed E-state index contributed by atoms with van der Waals surface area (Å²) < 4.78 is 10.3. The van der Waals surface area contributed by atoms with Gasteiger partial charge < -0.3 is 19.1 Å². The topological polar surface area (TPSA) is 75.7 Å². The number of carbonyl (C=O) groups excluding carboxylic acids is 2. The lowest BCUT2D eigenvalue weighted by Crippen LogP contribution is -2.35. The number of amides is 2. The first-order chi connectivity index (χ1) is 14.0. The molecular weight excluding hydrogens is 415 g/mol. The first-order valence-electron chi connectivity index (χ1n) is 9.07. The van der Waals surface area contributed by atoms with Crippen molar-refractivity contribution in [2.75, 3.05) is 13.1 Å². The molecule has 29 heavy (non-hydrogen) atoms. The number of halogens is 2. The Morgan fingerprint density at radius 2 is 1.97 bits per heavy atom. The second kappa shape index (κ2) is 10.2. The van der Waals surface area contributed by atoms with Gasteiger partial charge in [0.15, 0.2) is 0 Å². The quantitative estimate of drug-likeness (QED) is 0.534. The van der Waals surface area contributed by atoms with E-state index in [1.807, 2.05) is 6.07 Å². The van der Waals surface area contributed by atoms with Crippen molar-refractivity contribution in [3.8, 4) is 0 Å². The van der Waals surface area contributed by atoms with Gasteiger partial charge in [0.1, 0.15) is 12.0 Å². The number of furan rings is 2. The molecule has 0 aliphatic heterocycles. The molecule has 6 nitrogen and oxygen atoms in total. The standard InChI is InChI=1S/C21H20Cl2N2O4/c22-17-4-3-15(19(23)12-17)5-8-24-20(26)6-9-25(13-18-2-1-10-29-18)21(27)16-7-11-28-14-16/h1-4,7,10-12,14H,5-6,8-9,13H2,(H,24,26). The van der Waals surface area contributed by atoms with Crippen molar-refractivity contribution >= 4 is 35.0 Å². The van der Waals surface area contributed by atoms with E-state index < -0.39 is 0 Å². The molecule has 0 unspecified atom stereocenters. The average molecular weight is 435 g/mol. The molecule has 2 heterocycles. The lowest BCUT2D eigenvalue weighted by Gasteiger charge is -2.21. The molecule has 0 atom stereocenters. The normalized spacial score (nSPS) is 10.7. The number of rotatable bonds is 9. The van der Waals surface area contributed by atoms with Gasteiger partial charge in [-0.3, -0.25) is 9.59 Å². The Hall–Kier alpha value is -2.70. The Kier molecular flexibility index (Phi) is 7.38. The summed E-state index contributed by atoms with van der Waals surface area (Å²) >= 11 is 12.0. The number of benzene rings is 1. The van der Waals surface area contributed by atoms with E-state index in [1.54, 1.807) is 41.5 Å². The van der Waals surface area contributed by atoms with Gasteiger partial charge in [-0.1, -0.05) is 29.3 Å². The summed E-state index contributed by atoms with van der Waals surface area (Å²) in [5.41, 5.74) is 1.33. The number of hydrogen-bond acceptors (Lipinski definition) is 4. The van der Waals surface area contributed by atoms with Gasteiger partial charge in [0.2, 0.25) is 5.91 Å². The van der Waals surface area contributed by atoms with Gasteiger partial charge in [0.25, 0.3) is 5.91 Å². The number of nitrogens with zero attached hydrogens (tertiary/aromatic N) is 1. The van der Waals surface area contributed by atoms with Crippen LogP contribution in [-0.4, -0.2) is 29.8 Å². The lowest BCUT2D eigenvalue weighted by molar-refractivity contribution is -0.121. The zero-order chi connectivity index (χ0) is 20.6. The highest BCUT2D eigenvalue weighted by atomic mass is 35.5. The lowest BCUT2D eigenvalue weighted by atomic mass is 10.1. The van der Waals surface area contributed by atoms with E-state index in [4.69, 9.17) is 32.0 Å². The van der Waals surface area contributed by atoms with Crippen LogP contribution >= 0.6 is 23.2 Å². The fourth-order valence-electron chi connectivity index (χ4n) is 2.80. The monoisotopic (exact) mass is 434 g/mol. The number of hydrogen-bond donors (Lipinski definition) is 1. The Balaban J connectivity index is 1.51. The summed E-state index contributed by atoms with van der Waals surface area (Å²) in [6.45, 7) is 0.955. The molecule has 3 rings (SSSR count). The zero-order valence-corrected chi connectivity index (χ0v) is 17.1. The van der Waals surface area contributed by atoms with E-state index in [-0.39, 0.29) is 31.3 Å². The highest BCUT2D eigenvalue weighted by molar-refractivity contribution is 6.35. The van der Waals surface area contributed by atoms with Crippen molar-refractivity contribution in [1.29, 1.82) is 0 Å². The van der Waals surface area contributed by atoms with E-state index in [2.05, 4.69) is 5.32 Å². The van der Waals surface area contributed by atoms with Crippen molar-refractivity contribution in [3.63, 3.8) is 0 Å². The molecule has 3 aromatic rings. The van der Waals surface area contributed by atoms with Crippen molar-refractivity contribution in [2.45, 2.75) is 19.4 Å². The highest BCUT2D eigenvalue weighted by Gasteiger charge is 2.19. The van der Waals surface area contributed by atoms with Crippen LogP contribution in [0.25, 0.3) is 0 Å². The molecular formula is C21H20Cl2N2O4. The van der Waals surface area contributed by atoms with E-state index in [0.29, 0.717) is 34.3 Å². The van der Waals surface area contributed by atoms with Crippen LogP contribution in [0.1, 0.15) is 28.1 Å². The third kappa shape index (κ3) is 6.14. The number of nitrogens with one attached hydrogen (secondary N) is 1. The van der Waals surface area contributed by atoms with Crippen LogP contribution < -0.4 is 5.32 Å². The SMILES string of the molecule is O=C(CCN(Cc1ccco1)C(=O)c1ccoc1)NCCc1ccc(Cl)cc1Cl. The van der Waals surface area contributed by atoms with Crippen LogP contribution in [-0.2, 0) is 17.8 Å². The molecule has 0 saturated heterocycles. The predicted octanol–water partition coefficient (Wildman–Crippen LogP) is 4.57. The second-order valence-corrected chi connectivity index (χ2v) is 7.25. The van der Waals surface area contributed by atoms with Gasteiger partial charge >= 0.3 is 0 Å². The van der Waals surface area contributed by atoms with Crippen molar-refractivity contribution in [2.24, 2.45) is 0 Å². The van der Waals surface area contributed by atoms with E-state index >= 15 is 0 Å². The van der Waals surface area contributed by atoms with Crippen LogP contribution in [0.2, 0.25) is 10.0 Å². The molecule has 0 bridgehead atoms. The summed E-state index contributed by atoms with van der Waals surface area (Å²) in [5.74, 6) is 0.259. The van der Waals surface area contributed by atoms with Gasteiger partial charge in [0, 0.05) is 29.6 Å². The molecule has 2 aromatic heterocycles. The fraction of sp³-hybridized carbons (Fsp3) is 0.238. The summed E-state index contributed by atoms with van der Waals surface area (Å²) in [6, 6.07) is 10.4. The third-order valence-corrected chi connectivity index (χ3v) is 4.91. The smallest absolute Gasteiger partial charge is 0.257 e. The van der Waals surface area contributed by atoms with Gasteiger partial charge in [0.05, 0.1) is 24.6 Å². The Morgan fingerprint density at radius 1 is 1.10 bits per heavy atom. The Morgan fingerprint density at radius 3 is 2.66 bits per heavy atom. The van der Waals surface area contributed by atoms with E-state index in [9.17, 15) is 9.59 Å². The molecule has 0 fully saturated rings. The zero-order valence-electron chi connectivity index (χ0n) is 15.6. The Labute approximate surface area is 178 Å². The summed E-state index contributed by atoms with van der Waals surface area (Å²) in [5, 5.41) is 3.99. The molecule has 152 valence electrons. The molecule has 1 aromatic carbocycles. The van der Waals surface area contributed by atoms with Crippen LogP contribution in [0.4, 0.5) is 0 Å². The maximum atomic E-state index is 12.7. The first kappa shape index (κ1) is 21.0. The molecule has 0 aliphatic carbocycles. The molecule has 2 amide bonds. The first-order valence-corrected chi connectivity index (χ1v) is 9.83. The Bertz CT molecular complexity index is 940. The van der Waals surface area contributed by atoms with Gasteiger partial charge in [-0.2, -0.15) is 0 Å². The van der Waals surface area contributed by atoms with Crippen LogP contribution in [0, 0.1) is 0 Å². The second-order valence-electron chi connectivity index (χ2n) is 6.40. The van der Waals surface area contributed by atoms with E-state index in [1.165, 1.54) is 12.5 Å². The maximum absolute atomic E-state index is 12.7. The predicted molar refractivity (Wildman–Crippen MR) is 110 cm³/mol. The van der Waals surface area contributed by atoms with Gasteiger partial charge in [-0.25, -0.2) is 0 Å². The van der Waals surface area contributed by atoms with Gasteiger partial charge in [-0.15, -0.1) is 0 Å². The minimum absolute atomic E-state index is 0.153. The molecule has 8 heteroatoms. The summed E-state index contributed by atoms with van der Waals surface area (Å²) in [6.07, 6.45) is 5.12. The molecule has 1 N–H and O–H groups in total. The van der Waals surface area contributed by atoms with Crippen LogP contribution in [0.3, 0.4) is 0 Å². The van der Waals surface area contributed by atoms with E-state index in [0.717, 1.165) is 5.56 Å². The molecule has 0 radical (unpaired) electrons. The average Bonchev–Trinajstić information content (AvgIpc) is 3.40. The van der Waals surface area contributed by atoms with Crippen molar-refractivity contribution in [1.82, 2.24) is 10.2 Å². The molecule has 0 saturated carbocycles. The summed E-state index contributed by atoms with van der Waals surface area (Å²) in [7, 11) is 0. The fourth-order valence-corrected chi connectivity index (χ4v) is 3.30.